The zero-order chi connectivity index (χ0) is 16.4. The lowest BCUT2D eigenvalue weighted by Gasteiger charge is -1.97. The van der Waals surface area contributed by atoms with Gasteiger partial charge in [0, 0.05) is 11.8 Å². The summed E-state index contributed by atoms with van der Waals surface area (Å²) in [5, 5.41) is 13.2. The second-order valence-electron chi connectivity index (χ2n) is 5.26. The van der Waals surface area contributed by atoms with E-state index in [1.54, 1.807) is 0 Å². The molecule has 24 heavy (non-hydrogen) atoms. The number of rotatable bonds is 5. The molecule has 0 aliphatic rings. The fraction of sp³-hybridized carbons (Fsp3) is 0.176. The molecular formula is C17H15N5OS. The molecule has 0 aliphatic carbocycles. The first-order chi connectivity index (χ1) is 11.8. The van der Waals surface area contributed by atoms with E-state index in [9.17, 15) is 0 Å². The van der Waals surface area contributed by atoms with Crippen LogP contribution in [-0.4, -0.2) is 24.7 Å². The Labute approximate surface area is 142 Å². The van der Waals surface area contributed by atoms with Crippen molar-refractivity contribution < 1.29 is 4.52 Å². The number of benzene rings is 1. The minimum Gasteiger partial charge on any atom is -0.338 e. The maximum absolute atomic E-state index is 5.35. The van der Waals surface area contributed by atoms with Gasteiger partial charge in [0.15, 0.2) is 10.8 Å². The molecule has 0 bridgehead atoms. The SMILES string of the molecule is CCc1ccc(-c2noc(CSc3nnc4ccccn34)n2)cc1. The van der Waals surface area contributed by atoms with Gasteiger partial charge in [-0.2, -0.15) is 4.98 Å². The summed E-state index contributed by atoms with van der Waals surface area (Å²) in [6.45, 7) is 2.13. The number of thioether (sulfide) groups is 1. The van der Waals surface area contributed by atoms with Gasteiger partial charge in [-0.1, -0.05) is 54.2 Å². The summed E-state index contributed by atoms with van der Waals surface area (Å²) in [7, 11) is 0. The van der Waals surface area contributed by atoms with E-state index in [4.69, 9.17) is 4.52 Å². The standard InChI is InChI=1S/C17H15N5OS/c1-2-12-6-8-13(9-7-12)16-18-15(23-21-16)11-24-17-20-19-14-5-3-4-10-22(14)17/h3-10H,2,11H2,1H3. The first-order valence-corrected chi connectivity index (χ1v) is 8.66. The molecule has 3 heterocycles. The van der Waals surface area contributed by atoms with Crippen LogP contribution in [0, 0.1) is 0 Å². The minimum atomic E-state index is 0.551. The van der Waals surface area contributed by atoms with Crippen LogP contribution in [-0.2, 0) is 12.2 Å². The lowest BCUT2D eigenvalue weighted by atomic mass is 10.1. The molecule has 0 saturated carbocycles. The topological polar surface area (TPSA) is 69.1 Å². The summed E-state index contributed by atoms with van der Waals surface area (Å²) in [4.78, 5) is 4.46. The predicted octanol–water partition coefficient (Wildman–Crippen LogP) is 3.63. The lowest BCUT2D eigenvalue weighted by molar-refractivity contribution is 0.391. The Morgan fingerprint density at radius 1 is 1.08 bits per heavy atom. The molecule has 7 heteroatoms. The number of hydrogen-bond acceptors (Lipinski definition) is 6. The van der Waals surface area contributed by atoms with E-state index in [1.165, 1.54) is 17.3 Å². The van der Waals surface area contributed by atoms with Crippen LogP contribution in [0.5, 0.6) is 0 Å². The first kappa shape index (κ1) is 14.9. The molecule has 0 N–H and O–H groups in total. The van der Waals surface area contributed by atoms with Gasteiger partial charge in [0.1, 0.15) is 0 Å². The zero-order valence-corrected chi connectivity index (χ0v) is 13.9. The van der Waals surface area contributed by atoms with Gasteiger partial charge in [0.05, 0.1) is 5.75 Å². The average molecular weight is 337 g/mol. The molecule has 4 aromatic rings. The molecule has 0 unspecified atom stereocenters. The van der Waals surface area contributed by atoms with Crippen LogP contribution in [0.2, 0.25) is 0 Å². The Kier molecular flexibility index (Phi) is 4.00. The number of nitrogens with zero attached hydrogens (tertiary/aromatic N) is 5. The third-order valence-corrected chi connectivity index (χ3v) is 4.62. The number of fused-ring (bicyclic) bond motifs is 1. The van der Waals surface area contributed by atoms with E-state index in [-0.39, 0.29) is 0 Å². The number of pyridine rings is 1. The van der Waals surface area contributed by atoms with Crippen LogP contribution >= 0.6 is 11.8 Å². The summed E-state index contributed by atoms with van der Waals surface area (Å²) in [5.74, 6) is 1.73. The molecule has 0 spiro atoms. The highest BCUT2D eigenvalue weighted by atomic mass is 32.2. The first-order valence-electron chi connectivity index (χ1n) is 7.68. The van der Waals surface area contributed by atoms with Crippen LogP contribution in [0.15, 0.2) is 58.3 Å². The second-order valence-corrected chi connectivity index (χ2v) is 6.20. The van der Waals surface area contributed by atoms with Gasteiger partial charge >= 0.3 is 0 Å². The van der Waals surface area contributed by atoms with E-state index >= 15 is 0 Å². The van der Waals surface area contributed by atoms with Gasteiger partial charge in [-0.15, -0.1) is 10.2 Å². The highest BCUT2D eigenvalue weighted by Gasteiger charge is 2.11. The smallest absolute Gasteiger partial charge is 0.237 e. The maximum Gasteiger partial charge on any atom is 0.237 e. The van der Waals surface area contributed by atoms with Crippen LogP contribution in [0.3, 0.4) is 0 Å². The summed E-state index contributed by atoms with van der Waals surface area (Å²) in [6, 6.07) is 14.0. The summed E-state index contributed by atoms with van der Waals surface area (Å²) < 4.78 is 7.28. The molecule has 4 rings (SSSR count). The molecule has 0 fully saturated rings. The molecule has 0 atom stereocenters. The Morgan fingerprint density at radius 3 is 2.79 bits per heavy atom. The van der Waals surface area contributed by atoms with Gasteiger partial charge in [-0.25, -0.2) is 0 Å². The van der Waals surface area contributed by atoms with Crippen LogP contribution in [0.4, 0.5) is 0 Å². The number of aromatic nitrogens is 5. The molecule has 0 radical (unpaired) electrons. The van der Waals surface area contributed by atoms with Gasteiger partial charge < -0.3 is 4.52 Å². The van der Waals surface area contributed by atoms with Gasteiger partial charge in [0.2, 0.25) is 11.7 Å². The molecule has 0 aliphatic heterocycles. The van der Waals surface area contributed by atoms with Crippen molar-refractivity contribution in [2.45, 2.75) is 24.3 Å². The van der Waals surface area contributed by atoms with Gasteiger partial charge in [-0.3, -0.25) is 4.40 Å². The molecular weight excluding hydrogens is 322 g/mol. The molecule has 0 saturated heterocycles. The third kappa shape index (κ3) is 2.90. The van der Waals surface area contributed by atoms with Crippen molar-refractivity contribution in [2.75, 3.05) is 0 Å². The van der Waals surface area contributed by atoms with Crippen molar-refractivity contribution in [3.05, 3.63) is 60.1 Å². The van der Waals surface area contributed by atoms with E-state index in [2.05, 4.69) is 39.4 Å². The van der Waals surface area contributed by atoms with Crippen LogP contribution in [0.25, 0.3) is 17.0 Å². The zero-order valence-electron chi connectivity index (χ0n) is 13.1. The Balaban J connectivity index is 1.48. The van der Waals surface area contributed by atoms with Crippen molar-refractivity contribution in [3.8, 4) is 11.4 Å². The van der Waals surface area contributed by atoms with E-state index in [0.717, 1.165) is 22.8 Å². The minimum absolute atomic E-state index is 0.551. The van der Waals surface area contributed by atoms with Crippen molar-refractivity contribution in [2.24, 2.45) is 0 Å². The quantitative estimate of drug-likeness (QED) is 0.518. The fourth-order valence-corrected chi connectivity index (χ4v) is 3.13. The average Bonchev–Trinajstić information content (AvgIpc) is 3.27. The van der Waals surface area contributed by atoms with Crippen molar-refractivity contribution in [1.82, 2.24) is 24.7 Å². The van der Waals surface area contributed by atoms with Crippen molar-refractivity contribution >= 4 is 17.4 Å². The van der Waals surface area contributed by atoms with E-state index in [0.29, 0.717) is 17.5 Å². The van der Waals surface area contributed by atoms with Crippen LogP contribution < -0.4 is 0 Å². The Morgan fingerprint density at radius 2 is 1.96 bits per heavy atom. The molecule has 120 valence electrons. The maximum atomic E-state index is 5.35. The van der Waals surface area contributed by atoms with E-state index < -0.39 is 0 Å². The van der Waals surface area contributed by atoms with Gasteiger partial charge in [0.25, 0.3) is 0 Å². The number of aryl methyl sites for hydroxylation is 1. The summed E-state index contributed by atoms with van der Waals surface area (Å²) in [5.41, 5.74) is 3.07. The summed E-state index contributed by atoms with van der Waals surface area (Å²) >= 11 is 1.52. The number of hydrogen-bond donors (Lipinski definition) is 0. The second kappa shape index (κ2) is 6.45. The highest BCUT2D eigenvalue weighted by molar-refractivity contribution is 7.98. The highest BCUT2D eigenvalue weighted by Crippen LogP contribution is 2.23. The molecule has 1 aromatic carbocycles. The molecule has 0 amide bonds. The van der Waals surface area contributed by atoms with Crippen LogP contribution in [0.1, 0.15) is 18.4 Å². The molecule has 3 aromatic heterocycles. The molecule has 6 nitrogen and oxygen atoms in total. The monoisotopic (exact) mass is 337 g/mol. The van der Waals surface area contributed by atoms with Crippen molar-refractivity contribution in [3.63, 3.8) is 0 Å². The Bertz CT molecular complexity index is 960. The van der Waals surface area contributed by atoms with E-state index in [1.807, 2.05) is 40.9 Å². The predicted molar refractivity (Wildman–Crippen MR) is 91.7 cm³/mol. The largest absolute Gasteiger partial charge is 0.338 e. The Hall–Kier alpha value is -2.67. The van der Waals surface area contributed by atoms with Gasteiger partial charge in [-0.05, 0) is 24.1 Å². The van der Waals surface area contributed by atoms with Crippen molar-refractivity contribution in [1.29, 1.82) is 0 Å². The fourth-order valence-electron chi connectivity index (χ4n) is 2.36. The third-order valence-electron chi connectivity index (χ3n) is 3.70. The lowest BCUT2D eigenvalue weighted by Crippen LogP contribution is -1.88. The normalized spacial score (nSPS) is 11.2. The summed E-state index contributed by atoms with van der Waals surface area (Å²) in [6.07, 6.45) is 2.95.